The van der Waals surface area contributed by atoms with E-state index in [2.05, 4.69) is 10.1 Å². The number of likely N-dealkylation sites (tertiary alicyclic amines) is 1. The fourth-order valence-corrected chi connectivity index (χ4v) is 2.89. The van der Waals surface area contributed by atoms with Crippen LogP contribution in [0.15, 0.2) is 5.16 Å². The number of hydrogen-bond donors (Lipinski definition) is 1. The molecule has 1 aliphatic carbocycles. The maximum Gasteiger partial charge on any atom is 0.0742 e. The van der Waals surface area contributed by atoms with Crippen LogP contribution in [0.3, 0.4) is 0 Å². The van der Waals surface area contributed by atoms with E-state index in [-0.39, 0.29) is 0 Å². The van der Waals surface area contributed by atoms with E-state index in [1.807, 2.05) is 0 Å². The third-order valence-electron chi connectivity index (χ3n) is 3.75. The first-order valence-corrected chi connectivity index (χ1v) is 6.36. The Kier molecular flexibility index (Phi) is 4.01. The largest absolute Gasteiger partial charge is 0.411 e. The minimum absolute atomic E-state index is 0.442. The predicted molar refractivity (Wildman–Crippen MR) is 61.5 cm³/mol. The van der Waals surface area contributed by atoms with E-state index in [0.717, 1.165) is 12.1 Å². The molecule has 0 amide bonds. The minimum Gasteiger partial charge on any atom is -0.411 e. The van der Waals surface area contributed by atoms with E-state index >= 15 is 0 Å². The molecule has 1 saturated heterocycles. The molecular formula is C12H22N2O. The van der Waals surface area contributed by atoms with E-state index in [9.17, 15) is 0 Å². The molecule has 1 N–H and O–H groups in total. The van der Waals surface area contributed by atoms with E-state index in [1.54, 1.807) is 0 Å². The van der Waals surface area contributed by atoms with Crippen molar-refractivity contribution in [1.82, 2.24) is 4.90 Å². The van der Waals surface area contributed by atoms with Gasteiger partial charge in [-0.25, -0.2) is 0 Å². The summed E-state index contributed by atoms with van der Waals surface area (Å²) < 4.78 is 0. The maximum absolute atomic E-state index is 9.10. The summed E-state index contributed by atoms with van der Waals surface area (Å²) in [5, 5.41) is 12.7. The van der Waals surface area contributed by atoms with Gasteiger partial charge >= 0.3 is 0 Å². The molecule has 1 heterocycles. The molecule has 2 aliphatic rings. The van der Waals surface area contributed by atoms with Crippen molar-refractivity contribution in [1.29, 1.82) is 0 Å². The molecule has 86 valence electrons. The second-order valence-corrected chi connectivity index (χ2v) is 4.80. The van der Waals surface area contributed by atoms with E-state index < -0.39 is 0 Å². The van der Waals surface area contributed by atoms with Crippen LogP contribution in [0.5, 0.6) is 0 Å². The zero-order valence-corrected chi connectivity index (χ0v) is 9.49. The highest BCUT2D eigenvalue weighted by Crippen LogP contribution is 2.23. The average Bonchev–Trinajstić information content (AvgIpc) is 2.71. The lowest BCUT2D eigenvalue weighted by molar-refractivity contribution is 0.258. The zero-order valence-electron chi connectivity index (χ0n) is 9.49. The number of rotatable bonds is 1. The quantitative estimate of drug-likeness (QED) is 0.533. The van der Waals surface area contributed by atoms with Crippen LogP contribution in [0.1, 0.15) is 51.4 Å². The molecule has 0 aromatic rings. The Morgan fingerprint density at radius 3 is 2.47 bits per heavy atom. The second kappa shape index (κ2) is 5.50. The summed E-state index contributed by atoms with van der Waals surface area (Å²) in [6, 6.07) is 0.442. The Bertz CT molecular complexity index is 222. The molecule has 1 unspecified atom stereocenters. The first-order valence-electron chi connectivity index (χ1n) is 6.36. The van der Waals surface area contributed by atoms with Crippen LogP contribution in [0.25, 0.3) is 0 Å². The van der Waals surface area contributed by atoms with Crippen LogP contribution in [0, 0.1) is 0 Å². The van der Waals surface area contributed by atoms with E-state index in [1.165, 1.54) is 58.0 Å². The third kappa shape index (κ3) is 2.71. The highest BCUT2D eigenvalue weighted by Gasteiger charge is 2.26. The van der Waals surface area contributed by atoms with Gasteiger partial charge in [-0.2, -0.15) is 0 Å². The van der Waals surface area contributed by atoms with Gasteiger partial charge in [-0.05, 0) is 45.2 Å². The SMILES string of the molecule is ON=C1CCCCCCC1N1CCCC1. The van der Waals surface area contributed by atoms with Crippen LogP contribution in [0.4, 0.5) is 0 Å². The molecule has 1 aliphatic heterocycles. The topological polar surface area (TPSA) is 35.8 Å². The van der Waals surface area contributed by atoms with Gasteiger partial charge in [-0.1, -0.05) is 24.4 Å². The molecule has 1 atom stereocenters. The Hall–Kier alpha value is -0.570. The molecule has 3 nitrogen and oxygen atoms in total. The summed E-state index contributed by atoms with van der Waals surface area (Å²) in [5.41, 5.74) is 1.04. The van der Waals surface area contributed by atoms with Crippen molar-refractivity contribution in [2.75, 3.05) is 13.1 Å². The van der Waals surface area contributed by atoms with Gasteiger partial charge in [-0.15, -0.1) is 0 Å². The van der Waals surface area contributed by atoms with Crippen molar-refractivity contribution in [3.05, 3.63) is 0 Å². The summed E-state index contributed by atoms with van der Waals surface area (Å²) in [4.78, 5) is 2.51. The Morgan fingerprint density at radius 1 is 1.00 bits per heavy atom. The van der Waals surface area contributed by atoms with Crippen molar-refractivity contribution in [2.24, 2.45) is 5.16 Å². The minimum atomic E-state index is 0.442. The Morgan fingerprint density at radius 2 is 1.73 bits per heavy atom. The van der Waals surface area contributed by atoms with Gasteiger partial charge in [0.2, 0.25) is 0 Å². The monoisotopic (exact) mass is 210 g/mol. The molecular weight excluding hydrogens is 188 g/mol. The maximum atomic E-state index is 9.10. The third-order valence-corrected chi connectivity index (χ3v) is 3.75. The van der Waals surface area contributed by atoms with Crippen molar-refractivity contribution in [2.45, 2.75) is 57.4 Å². The van der Waals surface area contributed by atoms with E-state index in [4.69, 9.17) is 5.21 Å². The predicted octanol–water partition coefficient (Wildman–Crippen LogP) is 2.64. The Balaban J connectivity index is 2.02. The molecule has 0 bridgehead atoms. The summed E-state index contributed by atoms with van der Waals surface area (Å²) in [5.74, 6) is 0. The average molecular weight is 210 g/mol. The molecule has 0 aromatic carbocycles. The molecule has 1 saturated carbocycles. The summed E-state index contributed by atoms with van der Waals surface area (Å²) >= 11 is 0. The normalized spacial score (nSPS) is 32.8. The lowest BCUT2D eigenvalue weighted by Crippen LogP contribution is -2.39. The van der Waals surface area contributed by atoms with Crippen molar-refractivity contribution in [3.63, 3.8) is 0 Å². The summed E-state index contributed by atoms with van der Waals surface area (Å²) in [6.07, 6.45) is 9.96. The standard InChI is InChI=1S/C12H22N2O/c15-13-11-7-3-1-2-4-8-12(11)14-9-5-6-10-14/h12,15H,1-10H2. The summed E-state index contributed by atoms with van der Waals surface area (Å²) in [7, 11) is 0. The van der Waals surface area contributed by atoms with Crippen LogP contribution in [0.2, 0.25) is 0 Å². The van der Waals surface area contributed by atoms with E-state index in [0.29, 0.717) is 6.04 Å². The highest BCUT2D eigenvalue weighted by molar-refractivity contribution is 5.89. The van der Waals surface area contributed by atoms with Crippen LogP contribution < -0.4 is 0 Å². The van der Waals surface area contributed by atoms with Gasteiger partial charge in [-0.3, -0.25) is 4.90 Å². The zero-order chi connectivity index (χ0) is 10.5. The van der Waals surface area contributed by atoms with Gasteiger partial charge in [0, 0.05) is 0 Å². The highest BCUT2D eigenvalue weighted by atomic mass is 16.4. The van der Waals surface area contributed by atoms with Gasteiger partial charge in [0.25, 0.3) is 0 Å². The van der Waals surface area contributed by atoms with Gasteiger partial charge in [0.15, 0.2) is 0 Å². The fraction of sp³-hybridized carbons (Fsp3) is 0.917. The van der Waals surface area contributed by atoms with Crippen molar-refractivity contribution >= 4 is 5.71 Å². The Labute approximate surface area is 92.1 Å². The molecule has 3 heteroatoms. The van der Waals surface area contributed by atoms with Crippen LogP contribution >= 0.6 is 0 Å². The van der Waals surface area contributed by atoms with Crippen LogP contribution in [-0.4, -0.2) is 35.0 Å². The summed E-state index contributed by atoms with van der Waals surface area (Å²) in [6.45, 7) is 2.40. The second-order valence-electron chi connectivity index (χ2n) is 4.80. The molecule has 15 heavy (non-hydrogen) atoms. The molecule has 2 rings (SSSR count). The lowest BCUT2D eigenvalue weighted by atomic mass is 9.94. The smallest absolute Gasteiger partial charge is 0.0742 e. The number of oxime groups is 1. The molecule has 0 spiro atoms. The van der Waals surface area contributed by atoms with Gasteiger partial charge in [0.05, 0.1) is 11.8 Å². The number of nitrogens with zero attached hydrogens (tertiary/aromatic N) is 2. The fourth-order valence-electron chi connectivity index (χ4n) is 2.89. The van der Waals surface area contributed by atoms with Gasteiger partial charge in [0.1, 0.15) is 0 Å². The van der Waals surface area contributed by atoms with Gasteiger partial charge < -0.3 is 5.21 Å². The first kappa shape index (κ1) is 10.9. The van der Waals surface area contributed by atoms with Crippen LogP contribution in [-0.2, 0) is 0 Å². The lowest BCUT2D eigenvalue weighted by Gasteiger charge is -2.29. The molecule has 0 aromatic heterocycles. The number of hydrogen-bond acceptors (Lipinski definition) is 3. The van der Waals surface area contributed by atoms with Crippen molar-refractivity contribution in [3.8, 4) is 0 Å². The first-order chi connectivity index (χ1) is 7.42. The molecule has 2 fully saturated rings. The van der Waals surface area contributed by atoms with Crippen molar-refractivity contribution < 1.29 is 5.21 Å². The molecule has 0 radical (unpaired) electrons.